The fourth-order valence-electron chi connectivity index (χ4n) is 3.87. The molecule has 1 N–H and O–H groups in total. The van der Waals surface area contributed by atoms with E-state index in [0.29, 0.717) is 27.8 Å². The van der Waals surface area contributed by atoms with E-state index in [1.54, 1.807) is 54.9 Å². The van der Waals surface area contributed by atoms with Crippen molar-refractivity contribution in [3.8, 4) is 5.75 Å². The standard InChI is InChI=1S/C25H20BrFN2O4/c1-33-20-7-4-17(14-19(20)26)23(30)21-22(16-8-11-28-12-9-16)29(25(32)24(21)31)13-10-15-2-5-18(27)6-3-15/h2-9,11-12,14,22,30H,10,13H2,1H3/b23-21-. The van der Waals surface area contributed by atoms with E-state index in [1.165, 1.54) is 24.1 Å². The van der Waals surface area contributed by atoms with E-state index in [9.17, 15) is 19.1 Å². The number of carbonyl (C=O) groups excluding carboxylic acids is 2. The number of pyridine rings is 1. The predicted molar refractivity (Wildman–Crippen MR) is 124 cm³/mol. The summed E-state index contributed by atoms with van der Waals surface area (Å²) >= 11 is 3.38. The van der Waals surface area contributed by atoms with Crippen LogP contribution in [-0.2, 0) is 16.0 Å². The van der Waals surface area contributed by atoms with Gasteiger partial charge in [-0.3, -0.25) is 14.6 Å². The smallest absolute Gasteiger partial charge is 0.295 e. The number of amides is 1. The highest BCUT2D eigenvalue weighted by Crippen LogP contribution is 2.40. The molecule has 0 spiro atoms. The SMILES string of the molecule is COc1ccc(/C(O)=C2/C(=O)C(=O)N(CCc3ccc(F)cc3)C2c2ccncc2)cc1Br. The first-order chi connectivity index (χ1) is 15.9. The van der Waals surface area contributed by atoms with Crippen molar-refractivity contribution in [2.45, 2.75) is 12.5 Å². The van der Waals surface area contributed by atoms with Gasteiger partial charge in [0.25, 0.3) is 11.7 Å². The summed E-state index contributed by atoms with van der Waals surface area (Å²) in [6, 6.07) is 13.5. The van der Waals surface area contributed by atoms with Crippen molar-refractivity contribution in [3.05, 3.63) is 99.5 Å². The molecule has 1 unspecified atom stereocenters. The van der Waals surface area contributed by atoms with Gasteiger partial charge < -0.3 is 14.7 Å². The molecular formula is C25H20BrFN2O4. The summed E-state index contributed by atoms with van der Waals surface area (Å²) in [7, 11) is 1.52. The molecule has 0 saturated carbocycles. The van der Waals surface area contributed by atoms with Crippen molar-refractivity contribution < 1.29 is 23.8 Å². The molecule has 168 valence electrons. The molecule has 1 fully saturated rings. The van der Waals surface area contributed by atoms with E-state index in [-0.39, 0.29) is 23.7 Å². The number of aliphatic hydroxyl groups excluding tert-OH is 1. The second-order valence-electron chi connectivity index (χ2n) is 7.50. The zero-order chi connectivity index (χ0) is 23.5. The van der Waals surface area contributed by atoms with E-state index in [0.717, 1.165) is 5.56 Å². The highest BCUT2D eigenvalue weighted by molar-refractivity contribution is 9.10. The van der Waals surface area contributed by atoms with Crippen molar-refractivity contribution in [2.75, 3.05) is 13.7 Å². The van der Waals surface area contributed by atoms with Gasteiger partial charge in [0.1, 0.15) is 17.3 Å². The monoisotopic (exact) mass is 510 g/mol. The van der Waals surface area contributed by atoms with E-state index in [1.807, 2.05) is 0 Å². The van der Waals surface area contributed by atoms with Gasteiger partial charge in [-0.2, -0.15) is 0 Å². The number of Topliss-reactive ketones (excluding diaryl/α,β-unsaturated/α-hetero) is 1. The van der Waals surface area contributed by atoms with Crippen LogP contribution in [0.15, 0.2) is 77.0 Å². The van der Waals surface area contributed by atoms with Crippen LogP contribution in [0.1, 0.15) is 22.7 Å². The molecule has 2 aromatic carbocycles. The molecule has 0 bridgehead atoms. The number of rotatable bonds is 6. The summed E-state index contributed by atoms with van der Waals surface area (Å²) < 4.78 is 19.1. The summed E-state index contributed by atoms with van der Waals surface area (Å²) in [4.78, 5) is 31.5. The van der Waals surface area contributed by atoms with Gasteiger partial charge in [-0.1, -0.05) is 12.1 Å². The molecule has 33 heavy (non-hydrogen) atoms. The number of carbonyl (C=O) groups is 2. The number of aromatic nitrogens is 1. The Bertz CT molecular complexity index is 1230. The van der Waals surface area contributed by atoms with Crippen LogP contribution in [0.2, 0.25) is 0 Å². The average molecular weight is 511 g/mol. The Morgan fingerprint density at radius 2 is 1.82 bits per heavy atom. The molecule has 1 aromatic heterocycles. The molecule has 2 heterocycles. The van der Waals surface area contributed by atoms with Crippen LogP contribution in [0.4, 0.5) is 4.39 Å². The number of aliphatic hydroxyl groups is 1. The van der Waals surface area contributed by atoms with Gasteiger partial charge in [0, 0.05) is 24.5 Å². The van der Waals surface area contributed by atoms with Crippen molar-refractivity contribution in [2.24, 2.45) is 0 Å². The molecule has 1 aliphatic rings. The molecule has 0 radical (unpaired) electrons. The van der Waals surface area contributed by atoms with Crippen molar-refractivity contribution in [3.63, 3.8) is 0 Å². The third-order valence-electron chi connectivity index (χ3n) is 5.54. The third kappa shape index (κ3) is 4.52. The van der Waals surface area contributed by atoms with Crippen LogP contribution in [0.25, 0.3) is 5.76 Å². The van der Waals surface area contributed by atoms with Crippen LogP contribution in [0, 0.1) is 5.82 Å². The van der Waals surface area contributed by atoms with E-state index < -0.39 is 17.7 Å². The maximum Gasteiger partial charge on any atom is 0.295 e. The molecule has 8 heteroatoms. The van der Waals surface area contributed by atoms with Gasteiger partial charge >= 0.3 is 0 Å². The largest absolute Gasteiger partial charge is 0.507 e. The van der Waals surface area contributed by atoms with Crippen LogP contribution >= 0.6 is 15.9 Å². The summed E-state index contributed by atoms with van der Waals surface area (Å²) in [5.41, 5.74) is 1.85. The zero-order valence-electron chi connectivity index (χ0n) is 17.7. The van der Waals surface area contributed by atoms with E-state index in [4.69, 9.17) is 4.74 Å². The van der Waals surface area contributed by atoms with Crippen LogP contribution in [-0.4, -0.2) is 40.3 Å². The normalized spacial score (nSPS) is 17.4. The fourth-order valence-corrected chi connectivity index (χ4v) is 4.41. The molecule has 0 aliphatic carbocycles. The van der Waals surface area contributed by atoms with Crippen molar-refractivity contribution >= 4 is 33.4 Å². The minimum Gasteiger partial charge on any atom is -0.507 e. The van der Waals surface area contributed by atoms with Crippen LogP contribution < -0.4 is 4.74 Å². The van der Waals surface area contributed by atoms with Crippen LogP contribution in [0.5, 0.6) is 5.75 Å². The Morgan fingerprint density at radius 3 is 2.45 bits per heavy atom. The lowest BCUT2D eigenvalue weighted by Gasteiger charge is -2.25. The Labute approximate surface area is 198 Å². The van der Waals surface area contributed by atoms with Crippen LogP contribution in [0.3, 0.4) is 0 Å². The van der Waals surface area contributed by atoms with Crippen molar-refractivity contribution in [1.29, 1.82) is 0 Å². The first-order valence-corrected chi connectivity index (χ1v) is 11.0. The average Bonchev–Trinajstić information content (AvgIpc) is 3.08. The Balaban J connectivity index is 1.76. The minimum atomic E-state index is -0.783. The maximum absolute atomic E-state index is 13.2. The summed E-state index contributed by atoms with van der Waals surface area (Å²) in [6.45, 7) is 0.215. The topological polar surface area (TPSA) is 79.7 Å². The number of nitrogens with zero attached hydrogens (tertiary/aromatic N) is 2. The number of likely N-dealkylation sites (tertiary alicyclic amines) is 1. The summed E-state index contributed by atoms with van der Waals surface area (Å²) in [5.74, 6) is -1.52. The minimum absolute atomic E-state index is 0.00220. The van der Waals surface area contributed by atoms with Gasteiger partial charge in [-0.05, 0) is 75.9 Å². The summed E-state index contributed by atoms with van der Waals surface area (Å²) in [6.07, 6.45) is 3.56. The summed E-state index contributed by atoms with van der Waals surface area (Å²) in [5, 5.41) is 11.1. The third-order valence-corrected chi connectivity index (χ3v) is 6.16. The Morgan fingerprint density at radius 1 is 1.12 bits per heavy atom. The Hall–Kier alpha value is -3.52. The number of hydrogen-bond acceptors (Lipinski definition) is 5. The highest BCUT2D eigenvalue weighted by atomic mass is 79.9. The zero-order valence-corrected chi connectivity index (χ0v) is 19.3. The molecule has 1 atom stereocenters. The molecule has 6 nitrogen and oxygen atoms in total. The van der Waals surface area contributed by atoms with Gasteiger partial charge in [0.2, 0.25) is 0 Å². The number of ether oxygens (including phenoxy) is 1. The fraction of sp³-hybridized carbons (Fsp3) is 0.160. The van der Waals surface area contributed by atoms with E-state index >= 15 is 0 Å². The second-order valence-corrected chi connectivity index (χ2v) is 8.35. The van der Waals surface area contributed by atoms with Gasteiger partial charge in [-0.15, -0.1) is 0 Å². The van der Waals surface area contributed by atoms with Crippen molar-refractivity contribution in [1.82, 2.24) is 9.88 Å². The quantitative estimate of drug-likeness (QED) is 0.296. The molecule has 1 amide bonds. The lowest BCUT2D eigenvalue weighted by molar-refractivity contribution is -0.139. The number of benzene rings is 2. The van der Waals surface area contributed by atoms with Gasteiger partial charge in [-0.25, -0.2) is 4.39 Å². The first kappa shape index (κ1) is 22.7. The van der Waals surface area contributed by atoms with E-state index in [2.05, 4.69) is 20.9 Å². The first-order valence-electron chi connectivity index (χ1n) is 10.2. The number of hydrogen-bond donors (Lipinski definition) is 1. The highest BCUT2D eigenvalue weighted by Gasteiger charge is 2.45. The lowest BCUT2D eigenvalue weighted by Crippen LogP contribution is -2.31. The maximum atomic E-state index is 13.2. The number of halogens is 2. The molecule has 1 saturated heterocycles. The molecule has 1 aliphatic heterocycles. The molecule has 4 rings (SSSR count). The van der Waals surface area contributed by atoms with Gasteiger partial charge in [0.15, 0.2) is 0 Å². The van der Waals surface area contributed by atoms with Gasteiger partial charge in [0.05, 0.1) is 23.2 Å². The molecule has 3 aromatic rings. The molecular weight excluding hydrogens is 491 g/mol. The lowest BCUT2D eigenvalue weighted by atomic mass is 9.96. The predicted octanol–water partition coefficient (Wildman–Crippen LogP) is 4.66. The Kier molecular flexibility index (Phi) is 6.55. The number of methoxy groups -OCH3 is 1. The second kappa shape index (κ2) is 9.54. The number of ketones is 1.